The van der Waals surface area contributed by atoms with Crippen LogP contribution in [0.4, 0.5) is 0 Å². The lowest BCUT2D eigenvalue weighted by Gasteiger charge is -2.23. The number of carbonyl (C=O) groups is 1. The van der Waals surface area contributed by atoms with Gasteiger partial charge in [-0.05, 0) is 44.7 Å². The van der Waals surface area contributed by atoms with Crippen LogP contribution in [0.5, 0.6) is 0 Å². The molecule has 0 saturated carbocycles. The lowest BCUT2D eigenvalue weighted by molar-refractivity contribution is -0.137. The Labute approximate surface area is 131 Å². The fourth-order valence-electron chi connectivity index (χ4n) is 2.21. The van der Waals surface area contributed by atoms with Gasteiger partial charge in [0.2, 0.25) is 0 Å². The molecule has 0 aromatic carbocycles. The van der Waals surface area contributed by atoms with Gasteiger partial charge in [0, 0.05) is 12.4 Å². The summed E-state index contributed by atoms with van der Waals surface area (Å²) in [5, 5.41) is 9.34. The number of aliphatic carboxylic acids is 1. The van der Waals surface area contributed by atoms with Gasteiger partial charge in [-0.15, -0.1) is 0 Å². The highest BCUT2D eigenvalue weighted by molar-refractivity contribution is 7.55. The number of unbranched alkanes of at least 4 members (excludes halogenated alkanes) is 1. The number of hydrogen-bond acceptors (Lipinski definition) is 5. The highest BCUT2D eigenvalue weighted by atomic mass is 31.2. The first-order valence-corrected chi connectivity index (χ1v) is 9.15. The van der Waals surface area contributed by atoms with Crippen molar-refractivity contribution in [3.8, 4) is 0 Å². The van der Waals surface area contributed by atoms with E-state index in [4.69, 9.17) is 9.05 Å². The number of pyridine rings is 1. The second-order valence-corrected chi connectivity index (χ2v) is 7.06. The molecule has 1 rings (SSSR count). The van der Waals surface area contributed by atoms with E-state index in [9.17, 15) is 14.5 Å². The summed E-state index contributed by atoms with van der Waals surface area (Å²) >= 11 is 0. The maximum Gasteiger partial charge on any atom is 0.344 e. The quantitative estimate of drug-likeness (QED) is 0.494. The predicted octanol–water partition coefficient (Wildman–Crippen LogP) is 3.51. The average molecular weight is 329 g/mol. The van der Waals surface area contributed by atoms with Gasteiger partial charge in [0.25, 0.3) is 0 Å². The van der Waals surface area contributed by atoms with Crippen LogP contribution in [0.1, 0.15) is 38.7 Å². The molecule has 0 radical (unpaired) electrons. The fraction of sp³-hybridized carbons (Fsp3) is 0.600. The van der Waals surface area contributed by atoms with E-state index in [1.54, 1.807) is 26.2 Å². The maximum absolute atomic E-state index is 12.6. The van der Waals surface area contributed by atoms with Crippen LogP contribution in [0.3, 0.4) is 0 Å². The van der Waals surface area contributed by atoms with Crippen molar-refractivity contribution in [1.82, 2.24) is 4.98 Å². The molecule has 0 saturated heterocycles. The van der Waals surface area contributed by atoms with Gasteiger partial charge in [-0.25, -0.2) is 0 Å². The third-order valence-electron chi connectivity index (χ3n) is 3.20. The molecule has 124 valence electrons. The summed E-state index contributed by atoms with van der Waals surface area (Å²) in [5.41, 5.74) is -0.00604. The van der Waals surface area contributed by atoms with Crippen molar-refractivity contribution in [2.45, 2.75) is 45.2 Å². The molecule has 0 bridgehead atoms. The van der Waals surface area contributed by atoms with Crippen LogP contribution < -0.4 is 0 Å². The van der Waals surface area contributed by atoms with E-state index in [0.717, 1.165) is 18.4 Å². The summed E-state index contributed by atoms with van der Waals surface area (Å²) in [4.78, 5) is 15.5. The van der Waals surface area contributed by atoms with Crippen LogP contribution in [0.25, 0.3) is 0 Å². The van der Waals surface area contributed by atoms with Crippen LogP contribution in [0.15, 0.2) is 24.5 Å². The van der Waals surface area contributed by atoms with Gasteiger partial charge < -0.3 is 14.2 Å². The third-order valence-corrected chi connectivity index (χ3v) is 5.68. The molecule has 0 fully saturated rings. The maximum atomic E-state index is 12.6. The Bertz CT molecular complexity index is 484. The van der Waals surface area contributed by atoms with E-state index in [1.165, 1.54) is 0 Å². The summed E-state index contributed by atoms with van der Waals surface area (Å²) in [7, 11) is -3.61. The van der Waals surface area contributed by atoms with Crippen molar-refractivity contribution in [2.75, 3.05) is 13.2 Å². The number of carboxylic acid groups (broad SMARTS) is 1. The van der Waals surface area contributed by atoms with Gasteiger partial charge in [-0.3, -0.25) is 14.3 Å². The predicted molar refractivity (Wildman–Crippen MR) is 84.1 cm³/mol. The standard InChI is InChI=1S/C15H24NO5P/c1-3-20-22(19,21-4-2)14(15(17)18)10-6-5-8-13-9-7-11-16-12-13/h7,9,11-12,14H,3-6,8,10H2,1-2H3,(H,17,18)/t14-/m1/s1. The number of carboxylic acids is 1. The minimum atomic E-state index is -3.61. The summed E-state index contributed by atoms with van der Waals surface area (Å²) in [6.07, 6.45) is 6.02. The lowest BCUT2D eigenvalue weighted by atomic mass is 10.1. The molecule has 7 heteroatoms. The van der Waals surface area contributed by atoms with Crippen molar-refractivity contribution in [1.29, 1.82) is 0 Å². The van der Waals surface area contributed by atoms with Crippen molar-refractivity contribution < 1.29 is 23.5 Å². The summed E-state index contributed by atoms with van der Waals surface area (Å²) < 4.78 is 22.9. The molecule has 0 amide bonds. The van der Waals surface area contributed by atoms with Gasteiger partial charge >= 0.3 is 13.6 Å². The zero-order valence-corrected chi connectivity index (χ0v) is 14.0. The van der Waals surface area contributed by atoms with Crippen molar-refractivity contribution >= 4 is 13.6 Å². The summed E-state index contributed by atoms with van der Waals surface area (Å²) in [5.74, 6) is -1.13. The van der Waals surface area contributed by atoms with E-state index in [0.29, 0.717) is 6.42 Å². The molecule has 1 N–H and O–H groups in total. The van der Waals surface area contributed by atoms with Crippen molar-refractivity contribution in [2.24, 2.45) is 0 Å². The SMILES string of the molecule is CCOP(=O)(OCC)[C@H](CCCCc1cccnc1)C(=O)O. The zero-order valence-electron chi connectivity index (χ0n) is 13.1. The number of hydrogen-bond donors (Lipinski definition) is 1. The van der Waals surface area contributed by atoms with E-state index >= 15 is 0 Å². The Morgan fingerprint density at radius 2 is 2.00 bits per heavy atom. The van der Waals surface area contributed by atoms with Crippen molar-refractivity contribution in [3.63, 3.8) is 0 Å². The Morgan fingerprint density at radius 3 is 2.50 bits per heavy atom. The summed E-state index contributed by atoms with van der Waals surface area (Å²) in [6, 6.07) is 3.85. The van der Waals surface area contributed by atoms with E-state index in [2.05, 4.69) is 4.98 Å². The number of rotatable bonds is 11. The molecule has 0 aliphatic carbocycles. The normalized spacial score (nSPS) is 13.0. The molecule has 1 aromatic rings. The number of nitrogens with zero attached hydrogens (tertiary/aromatic N) is 1. The summed E-state index contributed by atoms with van der Waals surface area (Å²) in [6.45, 7) is 3.67. The van der Waals surface area contributed by atoms with Gasteiger partial charge in [-0.1, -0.05) is 12.5 Å². The fourth-order valence-corrected chi connectivity index (χ4v) is 4.13. The Hall–Kier alpha value is -1.23. The molecular formula is C15H24NO5P. The van der Waals surface area contributed by atoms with Crippen LogP contribution in [0.2, 0.25) is 0 Å². The third kappa shape index (κ3) is 5.87. The van der Waals surface area contributed by atoms with E-state index < -0.39 is 19.2 Å². The molecule has 1 aromatic heterocycles. The second-order valence-electron chi connectivity index (χ2n) is 4.84. The van der Waals surface area contributed by atoms with Gasteiger partial charge in [0.05, 0.1) is 13.2 Å². The van der Waals surface area contributed by atoms with Crippen LogP contribution in [-0.4, -0.2) is 34.9 Å². The molecular weight excluding hydrogens is 305 g/mol. The first-order valence-electron chi connectivity index (χ1n) is 7.54. The van der Waals surface area contributed by atoms with Gasteiger partial charge in [-0.2, -0.15) is 0 Å². The van der Waals surface area contributed by atoms with Crippen molar-refractivity contribution in [3.05, 3.63) is 30.1 Å². The molecule has 6 nitrogen and oxygen atoms in total. The van der Waals surface area contributed by atoms with Gasteiger partial charge in [0.15, 0.2) is 5.66 Å². The highest BCUT2D eigenvalue weighted by Crippen LogP contribution is 2.54. The first kappa shape index (κ1) is 18.8. The smallest absolute Gasteiger partial charge is 0.344 e. The van der Waals surface area contributed by atoms with Crippen LogP contribution in [-0.2, 0) is 24.8 Å². The Morgan fingerprint density at radius 1 is 1.32 bits per heavy atom. The first-order chi connectivity index (χ1) is 10.5. The molecule has 22 heavy (non-hydrogen) atoms. The molecule has 1 heterocycles. The topological polar surface area (TPSA) is 85.7 Å². The van der Waals surface area contributed by atoms with E-state index in [1.807, 2.05) is 12.1 Å². The zero-order chi connectivity index (χ0) is 16.4. The number of aryl methyl sites for hydroxylation is 1. The number of aromatic nitrogens is 1. The largest absolute Gasteiger partial charge is 0.481 e. The molecule has 0 unspecified atom stereocenters. The minimum absolute atomic E-state index is 0.163. The highest BCUT2D eigenvalue weighted by Gasteiger charge is 2.40. The molecule has 0 aliphatic heterocycles. The lowest BCUT2D eigenvalue weighted by Crippen LogP contribution is -2.23. The van der Waals surface area contributed by atoms with E-state index in [-0.39, 0.29) is 19.6 Å². The second kappa shape index (κ2) is 9.72. The molecule has 0 spiro atoms. The minimum Gasteiger partial charge on any atom is -0.481 e. The Balaban J connectivity index is 2.56. The van der Waals surface area contributed by atoms with Crippen LogP contribution in [0, 0.1) is 0 Å². The van der Waals surface area contributed by atoms with Gasteiger partial charge in [0.1, 0.15) is 0 Å². The van der Waals surface area contributed by atoms with Crippen LogP contribution >= 0.6 is 7.60 Å². The average Bonchev–Trinajstić information content (AvgIpc) is 2.48. The molecule has 1 atom stereocenters. The molecule has 0 aliphatic rings. The Kier molecular flexibility index (Phi) is 8.31. The monoisotopic (exact) mass is 329 g/mol.